The summed E-state index contributed by atoms with van der Waals surface area (Å²) in [6, 6.07) is 22.1. The van der Waals surface area contributed by atoms with E-state index in [0.717, 1.165) is 58.6 Å². The van der Waals surface area contributed by atoms with Crippen LogP contribution in [0.15, 0.2) is 72.9 Å². The molecule has 1 amide bonds. The third-order valence-electron chi connectivity index (χ3n) is 6.30. The van der Waals surface area contributed by atoms with Crippen LogP contribution in [0, 0.1) is 0 Å². The van der Waals surface area contributed by atoms with Crippen molar-refractivity contribution in [1.82, 2.24) is 14.9 Å². The molecule has 0 saturated carbocycles. The summed E-state index contributed by atoms with van der Waals surface area (Å²) in [5.74, 6) is -0.222. The number of amides is 1. The second-order valence-corrected chi connectivity index (χ2v) is 9.57. The number of nitrogens with one attached hydrogen (secondary N) is 1. The van der Waals surface area contributed by atoms with Crippen LogP contribution >= 0.6 is 11.3 Å². The normalized spacial score (nSPS) is 13.8. The first-order chi connectivity index (χ1) is 16.7. The average molecular weight is 466 g/mol. The van der Waals surface area contributed by atoms with Gasteiger partial charge in [-0.05, 0) is 41.5 Å². The van der Waals surface area contributed by atoms with Crippen LogP contribution in [-0.2, 0) is 19.5 Å². The molecule has 34 heavy (non-hydrogen) atoms. The number of benzene rings is 2. The van der Waals surface area contributed by atoms with Crippen molar-refractivity contribution < 1.29 is 4.79 Å². The summed E-state index contributed by atoms with van der Waals surface area (Å²) in [5.41, 5.74) is 12.1. The summed E-state index contributed by atoms with van der Waals surface area (Å²) < 4.78 is 0. The van der Waals surface area contributed by atoms with Gasteiger partial charge in [-0.1, -0.05) is 36.4 Å². The van der Waals surface area contributed by atoms with Crippen molar-refractivity contribution in [2.75, 3.05) is 17.6 Å². The van der Waals surface area contributed by atoms with Crippen LogP contribution in [-0.4, -0.2) is 27.3 Å². The van der Waals surface area contributed by atoms with E-state index in [4.69, 9.17) is 10.7 Å². The lowest BCUT2D eigenvalue weighted by Gasteiger charge is -2.28. The van der Waals surface area contributed by atoms with E-state index in [9.17, 15) is 4.79 Å². The van der Waals surface area contributed by atoms with Crippen molar-refractivity contribution in [2.24, 2.45) is 0 Å². The highest BCUT2D eigenvalue weighted by Gasteiger charge is 2.23. The number of aromatic nitrogens is 2. The van der Waals surface area contributed by atoms with Gasteiger partial charge in [-0.2, -0.15) is 0 Å². The van der Waals surface area contributed by atoms with E-state index in [1.807, 2.05) is 36.4 Å². The Balaban J connectivity index is 1.28. The molecule has 1 aliphatic heterocycles. The Labute approximate surface area is 201 Å². The van der Waals surface area contributed by atoms with Gasteiger partial charge in [-0.3, -0.25) is 14.7 Å². The Morgan fingerprint density at radius 1 is 1.06 bits per heavy atom. The molecule has 0 bridgehead atoms. The molecule has 7 heteroatoms. The van der Waals surface area contributed by atoms with Gasteiger partial charge in [0.05, 0.1) is 16.9 Å². The number of nitrogens with zero attached hydrogens (tertiary/aromatic N) is 3. The summed E-state index contributed by atoms with van der Waals surface area (Å²) in [4.78, 5) is 26.2. The zero-order chi connectivity index (χ0) is 23.1. The molecular weight excluding hydrogens is 442 g/mol. The van der Waals surface area contributed by atoms with Gasteiger partial charge < -0.3 is 11.1 Å². The van der Waals surface area contributed by atoms with Gasteiger partial charge in [0.1, 0.15) is 9.71 Å². The van der Waals surface area contributed by atoms with E-state index >= 15 is 0 Å². The van der Waals surface area contributed by atoms with E-state index in [-0.39, 0.29) is 5.91 Å². The summed E-state index contributed by atoms with van der Waals surface area (Å²) in [5, 5.41) is 4.77. The van der Waals surface area contributed by atoms with Gasteiger partial charge in [0.25, 0.3) is 5.91 Å². The van der Waals surface area contributed by atoms with Crippen molar-refractivity contribution in [3.8, 4) is 0 Å². The molecule has 0 radical (unpaired) electrons. The molecule has 0 unspecified atom stereocenters. The van der Waals surface area contributed by atoms with Crippen molar-refractivity contribution >= 4 is 49.7 Å². The van der Waals surface area contributed by atoms with E-state index in [1.54, 1.807) is 6.20 Å². The minimum absolute atomic E-state index is 0.222. The minimum atomic E-state index is -0.222. The number of fused-ring (bicyclic) bond motifs is 3. The Bertz CT molecular complexity index is 1520. The van der Waals surface area contributed by atoms with E-state index < -0.39 is 0 Å². The number of pyridine rings is 2. The highest BCUT2D eigenvalue weighted by atomic mass is 32.1. The van der Waals surface area contributed by atoms with Crippen molar-refractivity contribution in [3.05, 3.63) is 94.6 Å². The quantitative estimate of drug-likeness (QED) is 0.379. The molecular formula is C27H23N5OS. The maximum atomic E-state index is 13.2. The number of anilines is 2. The van der Waals surface area contributed by atoms with Crippen LogP contribution in [0.25, 0.3) is 21.1 Å². The summed E-state index contributed by atoms with van der Waals surface area (Å²) in [7, 11) is 0. The lowest BCUT2D eigenvalue weighted by Crippen LogP contribution is -2.30. The molecule has 168 valence electrons. The Morgan fingerprint density at radius 2 is 1.94 bits per heavy atom. The largest absolute Gasteiger partial charge is 0.397 e. The predicted molar refractivity (Wildman–Crippen MR) is 138 cm³/mol. The molecule has 2 aromatic carbocycles. The third kappa shape index (κ3) is 3.79. The van der Waals surface area contributed by atoms with Crippen LogP contribution in [0.1, 0.15) is 26.5 Å². The van der Waals surface area contributed by atoms with Gasteiger partial charge in [0.15, 0.2) is 0 Å². The first-order valence-electron chi connectivity index (χ1n) is 11.3. The lowest BCUT2D eigenvalue weighted by atomic mass is 10.0. The lowest BCUT2D eigenvalue weighted by molar-refractivity contribution is 0.103. The topological polar surface area (TPSA) is 84.1 Å². The summed E-state index contributed by atoms with van der Waals surface area (Å²) in [6.07, 6.45) is 2.63. The standard InChI is InChI=1S/C27H23N5OS/c28-24-20-14-18-16-32(15-17-6-2-1-3-7-17)13-11-21(18)31-27(20)34-25(24)26(33)30-23-10-4-9-22-19(23)8-5-12-29-22/h1-10,12,14H,11,13,15-16,28H2,(H,30,33). The summed E-state index contributed by atoms with van der Waals surface area (Å²) in [6.45, 7) is 2.70. The number of nitrogen functional groups attached to an aromatic ring is 1. The van der Waals surface area contributed by atoms with Crippen LogP contribution in [0.4, 0.5) is 11.4 Å². The van der Waals surface area contributed by atoms with Crippen molar-refractivity contribution in [2.45, 2.75) is 19.5 Å². The Morgan fingerprint density at radius 3 is 2.82 bits per heavy atom. The first kappa shape index (κ1) is 20.8. The molecule has 6 rings (SSSR count). The fourth-order valence-corrected chi connectivity index (χ4v) is 5.58. The third-order valence-corrected chi connectivity index (χ3v) is 7.41. The number of hydrogen-bond donors (Lipinski definition) is 2. The monoisotopic (exact) mass is 465 g/mol. The van der Waals surface area contributed by atoms with Crippen LogP contribution < -0.4 is 11.1 Å². The second-order valence-electron chi connectivity index (χ2n) is 8.57. The fraction of sp³-hybridized carbons (Fsp3) is 0.148. The molecule has 0 aliphatic carbocycles. The molecule has 5 aromatic rings. The number of carbonyl (C=O) groups is 1. The van der Waals surface area contributed by atoms with Gasteiger partial charge in [-0.25, -0.2) is 4.98 Å². The Kier molecular flexibility index (Phi) is 5.20. The number of thiophene rings is 1. The molecule has 6 nitrogen and oxygen atoms in total. The molecule has 1 aliphatic rings. The number of rotatable bonds is 4. The molecule has 0 spiro atoms. The van der Waals surface area contributed by atoms with Crippen molar-refractivity contribution in [3.63, 3.8) is 0 Å². The van der Waals surface area contributed by atoms with Gasteiger partial charge in [-0.15, -0.1) is 11.3 Å². The molecule has 0 atom stereocenters. The predicted octanol–water partition coefficient (Wildman–Crippen LogP) is 5.24. The SMILES string of the molecule is Nc1c(C(=O)Nc2cccc3ncccc23)sc2nc3c(cc12)CN(Cc1ccccc1)CC3. The zero-order valence-corrected chi connectivity index (χ0v) is 19.3. The second kappa shape index (κ2) is 8.52. The average Bonchev–Trinajstić information content (AvgIpc) is 3.19. The number of nitrogens with two attached hydrogens (primary N) is 1. The highest BCUT2D eigenvalue weighted by Crippen LogP contribution is 2.36. The Hall–Kier alpha value is -3.81. The number of hydrogen-bond acceptors (Lipinski definition) is 6. The molecule has 4 heterocycles. The van der Waals surface area contributed by atoms with Crippen LogP contribution in [0.5, 0.6) is 0 Å². The molecule has 3 aromatic heterocycles. The fourth-order valence-electron chi connectivity index (χ4n) is 4.59. The maximum absolute atomic E-state index is 13.2. The van der Waals surface area contributed by atoms with E-state index in [0.29, 0.717) is 10.6 Å². The molecule has 0 saturated heterocycles. The van der Waals surface area contributed by atoms with Crippen molar-refractivity contribution in [1.29, 1.82) is 0 Å². The zero-order valence-electron chi connectivity index (χ0n) is 18.5. The van der Waals surface area contributed by atoms with Gasteiger partial charge >= 0.3 is 0 Å². The minimum Gasteiger partial charge on any atom is -0.397 e. The van der Waals surface area contributed by atoms with Gasteiger partial charge in [0.2, 0.25) is 0 Å². The van der Waals surface area contributed by atoms with E-state index in [1.165, 1.54) is 22.5 Å². The smallest absolute Gasteiger partial charge is 0.267 e. The molecule has 3 N–H and O–H groups in total. The maximum Gasteiger partial charge on any atom is 0.267 e. The van der Waals surface area contributed by atoms with Gasteiger partial charge in [0, 0.05) is 48.7 Å². The summed E-state index contributed by atoms with van der Waals surface area (Å²) >= 11 is 1.36. The highest BCUT2D eigenvalue weighted by molar-refractivity contribution is 7.21. The number of carbonyl (C=O) groups excluding carboxylic acids is 1. The first-order valence-corrected chi connectivity index (χ1v) is 12.1. The van der Waals surface area contributed by atoms with Crippen LogP contribution in [0.3, 0.4) is 0 Å². The van der Waals surface area contributed by atoms with E-state index in [2.05, 4.69) is 45.5 Å². The van der Waals surface area contributed by atoms with Crippen LogP contribution in [0.2, 0.25) is 0 Å². The molecule has 0 fully saturated rings.